The first kappa shape index (κ1) is 14.1. The highest BCUT2D eigenvalue weighted by Gasteiger charge is 2.19. The first-order chi connectivity index (χ1) is 9.13. The zero-order valence-corrected chi connectivity index (χ0v) is 12.0. The van der Waals surface area contributed by atoms with Crippen LogP contribution in [0.2, 0.25) is 0 Å². The third kappa shape index (κ3) is 4.67. The minimum absolute atomic E-state index is 0.134. The van der Waals surface area contributed by atoms with E-state index in [9.17, 15) is 4.79 Å². The number of hydrogen-bond acceptors (Lipinski definition) is 1. The second-order valence-corrected chi connectivity index (χ2v) is 5.85. The van der Waals surface area contributed by atoms with Gasteiger partial charge in [0.25, 0.3) is 0 Å². The van der Waals surface area contributed by atoms with E-state index in [0.717, 1.165) is 18.2 Å². The van der Waals surface area contributed by atoms with Crippen molar-refractivity contribution in [3.63, 3.8) is 0 Å². The van der Waals surface area contributed by atoms with Gasteiger partial charge in [-0.3, -0.25) is 4.79 Å². The molecule has 1 fully saturated rings. The van der Waals surface area contributed by atoms with Crippen molar-refractivity contribution >= 4 is 11.6 Å². The lowest BCUT2D eigenvalue weighted by atomic mass is 9.99. The summed E-state index contributed by atoms with van der Waals surface area (Å²) in [5, 5.41) is 2.97. The molecule has 3 heteroatoms. The molecule has 19 heavy (non-hydrogen) atoms. The number of quaternary nitrogens is 1. The third-order valence-electron chi connectivity index (χ3n) is 4.02. The third-order valence-corrected chi connectivity index (χ3v) is 4.02. The number of benzene rings is 1. The summed E-state index contributed by atoms with van der Waals surface area (Å²) in [5.41, 5.74) is 2.11. The van der Waals surface area contributed by atoms with Gasteiger partial charge in [-0.1, -0.05) is 24.6 Å². The maximum absolute atomic E-state index is 11.9. The summed E-state index contributed by atoms with van der Waals surface area (Å²) in [7, 11) is 0. The standard InChI is InChI=1S/C16H24N2O/c1-13-3-5-15(6-4-13)17-16(19)9-12-18-10-7-14(2)8-11-18/h3-6,14H,7-12H2,1-2H3,(H,17,19)/p+1. The smallest absolute Gasteiger partial charge is 0.230 e. The van der Waals surface area contributed by atoms with Crippen molar-refractivity contribution < 1.29 is 9.69 Å². The highest BCUT2D eigenvalue weighted by molar-refractivity contribution is 5.90. The Balaban J connectivity index is 1.71. The highest BCUT2D eigenvalue weighted by Crippen LogP contribution is 2.09. The lowest BCUT2D eigenvalue weighted by Crippen LogP contribution is -3.13. The zero-order chi connectivity index (χ0) is 13.7. The predicted molar refractivity (Wildman–Crippen MR) is 78.4 cm³/mol. The van der Waals surface area contributed by atoms with Crippen LogP contribution in [0.1, 0.15) is 31.7 Å². The number of hydrogen-bond donors (Lipinski definition) is 2. The van der Waals surface area contributed by atoms with E-state index in [2.05, 4.69) is 12.2 Å². The summed E-state index contributed by atoms with van der Waals surface area (Å²) in [6.45, 7) is 7.77. The lowest BCUT2D eigenvalue weighted by molar-refractivity contribution is -0.905. The molecule has 0 radical (unpaired) electrons. The number of carbonyl (C=O) groups is 1. The quantitative estimate of drug-likeness (QED) is 0.849. The van der Waals surface area contributed by atoms with Crippen molar-refractivity contribution in [3.05, 3.63) is 29.8 Å². The maximum atomic E-state index is 11.9. The van der Waals surface area contributed by atoms with Crippen molar-refractivity contribution in [1.82, 2.24) is 0 Å². The van der Waals surface area contributed by atoms with Gasteiger partial charge in [0.15, 0.2) is 0 Å². The fourth-order valence-corrected chi connectivity index (χ4v) is 2.57. The zero-order valence-electron chi connectivity index (χ0n) is 12.0. The van der Waals surface area contributed by atoms with Crippen molar-refractivity contribution in [3.8, 4) is 0 Å². The van der Waals surface area contributed by atoms with E-state index in [1.807, 2.05) is 31.2 Å². The Bertz CT molecular complexity index is 405. The van der Waals surface area contributed by atoms with Crippen LogP contribution in [0.3, 0.4) is 0 Å². The predicted octanol–water partition coefficient (Wildman–Crippen LogP) is 1.64. The van der Waals surface area contributed by atoms with Crippen molar-refractivity contribution in [2.75, 3.05) is 25.0 Å². The topological polar surface area (TPSA) is 33.5 Å². The maximum Gasteiger partial charge on any atom is 0.230 e. The van der Waals surface area contributed by atoms with Gasteiger partial charge < -0.3 is 10.2 Å². The Morgan fingerprint density at radius 2 is 1.89 bits per heavy atom. The molecule has 0 bridgehead atoms. The molecule has 104 valence electrons. The van der Waals surface area contributed by atoms with Crippen LogP contribution < -0.4 is 10.2 Å². The summed E-state index contributed by atoms with van der Waals surface area (Å²) in [4.78, 5) is 13.5. The molecule has 1 aliphatic rings. The van der Waals surface area contributed by atoms with Gasteiger partial charge in [-0.15, -0.1) is 0 Å². The van der Waals surface area contributed by atoms with Gasteiger partial charge in [0.2, 0.25) is 5.91 Å². The fourth-order valence-electron chi connectivity index (χ4n) is 2.57. The van der Waals surface area contributed by atoms with Crippen LogP contribution >= 0.6 is 0 Å². The molecule has 0 aliphatic carbocycles. The van der Waals surface area contributed by atoms with Crippen LogP contribution in [0.5, 0.6) is 0 Å². The molecule has 0 spiro atoms. The SMILES string of the molecule is Cc1ccc(NC(=O)CC[NH+]2CCC(C)CC2)cc1. The number of likely N-dealkylation sites (tertiary alicyclic amines) is 1. The second kappa shape index (κ2) is 6.71. The molecule has 1 saturated heterocycles. The molecule has 0 unspecified atom stereocenters. The minimum Gasteiger partial charge on any atom is -0.334 e. The molecule has 2 N–H and O–H groups in total. The van der Waals surface area contributed by atoms with Crippen molar-refractivity contribution in [2.24, 2.45) is 5.92 Å². The Morgan fingerprint density at radius 3 is 2.53 bits per heavy atom. The summed E-state index contributed by atoms with van der Waals surface area (Å²) in [6.07, 6.45) is 3.22. The van der Waals surface area contributed by atoms with Gasteiger partial charge in [0.1, 0.15) is 0 Å². The largest absolute Gasteiger partial charge is 0.334 e. The number of anilines is 1. The molecule has 1 aromatic rings. The molecule has 1 amide bonds. The highest BCUT2D eigenvalue weighted by atomic mass is 16.1. The van der Waals surface area contributed by atoms with Crippen LogP contribution in [-0.4, -0.2) is 25.5 Å². The molecule has 0 atom stereocenters. The fraction of sp³-hybridized carbons (Fsp3) is 0.562. The molecule has 1 heterocycles. The summed E-state index contributed by atoms with van der Waals surface area (Å²) in [6, 6.07) is 7.96. The van der Waals surface area contributed by atoms with Gasteiger partial charge in [-0.05, 0) is 37.8 Å². The van der Waals surface area contributed by atoms with Gasteiger partial charge in [-0.25, -0.2) is 0 Å². The number of carbonyl (C=O) groups excluding carboxylic acids is 1. The van der Waals surface area contributed by atoms with Crippen LogP contribution in [0.15, 0.2) is 24.3 Å². The average Bonchev–Trinajstić information content (AvgIpc) is 2.41. The molecule has 1 aromatic carbocycles. The normalized spacial score (nSPS) is 23.1. The van der Waals surface area contributed by atoms with Crippen LogP contribution in [0, 0.1) is 12.8 Å². The molecule has 1 aliphatic heterocycles. The molecule has 0 saturated carbocycles. The Labute approximate surface area is 116 Å². The Morgan fingerprint density at radius 1 is 1.26 bits per heavy atom. The van der Waals surface area contributed by atoms with Crippen LogP contribution in [-0.2, 0) is 4.79 Å². The summed E-state index contributed by atoms with van der Waals surface area (Å²) in [5.74, 6) is 1.00. The van der Waals surface area contributed by atoms with Crippen LogP contribution in [0.25, 0.3) is 0 Å². The van der Waals surface area contributed by atoms with E-state index in [1.165, 1.54) is 31.5 Å². The van der Waals surface area contributed by atoms with E-state index in [4.69, 9.17) is 0 Å². The first-order valence-corrected chi connectivity index (χ1v) is 7.33. The summed E-state index contributed by atoms with van der Waals surface area (Å²) < 4.78 is 0. The van der Waals surface area contributed by atoms with Crippen molar-refractivity contribution in [1.29, 1.82) is 0 Å². The molecule has 0 aromatic heterocycles. The van der Waals surface area contributed by atoms with Gasteiger partial charge in [0, 0.05) is 5.69 Å². The minimum atomic E-state index is 0.134. The number of piperidine rings is 1. The molecular weight excluding hydrogens is 236 g/mol. The Hall–Kier alpha value is -1.35. The average molecular weight is 261 g/mol. The van der Waals surface area contributed by atoms with Gasteiger partial charge in [-0.2, -0.15) is 0 Å². The lowest BCUT2D eigenvalue weighted by Gasteiger charge is -2.27. The molecular formula is C16H25N2O+. The summed E-state index contributed by atoms with van der Waals surface area (Å²) >= 11 is 0. The van der Waals surface area contributed by atoms with Gasteiger partial charge in [0.05, 0.1) is 26.1 Å². The number of amides is 1. The van der Waals surface area contributed by atoms with Gasteiger partial charge >= 0.3 is 0 Å². The monoisotopic (exact) mass is 261 g/mol. The number of aryl methyl sites for hydroxylation is 1. The van der Waals surface area contributed by atoms with Crippen molar-refractivity contribution in [2.45, 2.75) is 33.1 Å². The molecule has 2 rings (SSSR count). The molecule has 3 nitrogen and oxygen atoms in total. The first-order valence-electron chi connectivity index (χ1n) is 7.33. The Kier molecular flexibility index (Phi) is 4.97. The number of nitrogens with one attached hydrogen (secondary N) is 2. The second-order valence-electron chi connectivity index (χ2n) is 5.85. The van der Waals surface area contributed by atoms with E-state index in [-0.39, 0.29) is 5.91 Å². The van der Waals surface area contributed by atoms with E-state index in [1.54, 1.807) is 4.90 Å². The number of rotatable bonds is 4. The van der Waals surface area contributed by atoms with E-state index >= 15 is 0 Å². The van der Waals surface area contributed by atoms with E-state index < -0.39 is 0 Å². The van der Waals surface area contributed by atoms with E-state index in [0.29, 0.717) is 6.42 Å². The van der Waals surface area contributed by atoms with Crippen LogP contribution in [0.4, 0.5) is 5.69 Å².